The van der Waals surface area contributed by atoms with Crippen molar-refractivity contribution in [3.8, 4) is 11.6 Å². The number of nitrogens with one attached hydrogen (secondary N) is 1. The molecule has 0 unspecified atom stereocenters. The lowest BCUT2D eigenvalue weighted by atomic mass is 10.1. The van der Waals surface area contributed by atoms with E-state index in [4.69, 9.17) is 15.9 Å². The maximum absolute atomic E-state index is 12.9. The van der Waals surface area contributed by atoms with Crippen molar-refractivity contribution < 1.29 is 17.9 Å². The van der Waals surface area contributed by atoms with Gasteiger partial charge in [-0.2, -0.15) is 13.2 Å². The summed E-state index contributed by atoms with van der Waals surface area (Å²) in [6, 6.07) is 6.40. The van der Waals surface area contributed by atoms with Gasteiger partial charge in [-0.1, -0.05) is 12.1 Å². The Morgan fingerprint density at radius 3 is 2.52 bits per heavy atom. The number of nitrogens with zero attached hydrogens (tertiary/aromatic N) is 1. The van der Waals surface area contributed by atoms with Crippen molar-refractivity contribution >= 4 is 5.84 Å². The monoisotopic (exact) mass is 295 g/mol. The van der Waals surface area contributed by atoms with E-state index in [0.717, 1.165) is 6.07 Å². The van der Waals surface area contributed by atoms with Crippen LogP contribution in [0.3, 0.4) is 0 Å². The van der Waals surface area contributed by atoms with E-state index in [9.17, 15) is 13.2 Å². The van der Waals surface area contributed by atoms with Gasteiger partial charge in [0.05, 0.1) is 11.1 Å². The average molecular weight is 295 g/mol. The predicted octanol–water partition coefficient (Wildman–Crippen LogP) is 3.49. The van der Waals surface area contributed by atoms with Gasteiger partial charge in [-0.25, -0.2) is 4.98 Å². The number of aromatic nitrogens is 1. The molecule has 0 atom stereocenters. The van der Waals surface area contributed by atoms with Crippen LogP contribution in [0.15, 0.2) is 36.5 Å². The van der Waals surface area contributed by atoms with E-state index in [-0.39, 0.29) is 23.0 Å². The minimum Gasteiger partial charge on any atom is -0.438 e. The second-order valence-electron chi connectivity index (χ2n) is 4.32. The van der Waals surface area contributed by atoms with E-state index >= 15 is 0 Å². The fourth-order valence-electron chi connectivity index (χ4n) is 1.83. The smallest absolute Gasteiger partial charge is 0.419 e. The highest BCUT2D eigenvalue weighted by atomic mass is 19.4. The first-order valence-corrected chi connectivity index (χ1v) is 5.95. The summed E-state index contributed by atoms with van der Waals surface area (Å²) in [5, 5.41) is 7.49. The molecule has 2 rings (SSSR count). The number of benzene rings is 1. The zero-order valence-electron chi connectivity index (χ0n) is 11.0. The second kappa shape index (κ2) is 5.43. The molecule has 0 amide bonds. The fraction of sp³-hybridized carbons (Fsp3) is 0.143. The minimum absolute atomic E-state index is 0.126. The van der Waals surface area contributed by atoms with Crippen molar-refractivity contribution in [1.29, 1.82) is 5.41 Å². The van der Waals surface area contributed by atoms with Crippen LogP contribution in [0, 0.1) is 12.3 Å². The number of nitrogen functional groups attached to an aromatic ring is 1. The predicted molar refractivity (Wildman–Crippen MR) is 71.5 cm³/mol. The summed E-state index contributed by atoms with van der Waals surface area (Å²) >= 11 is 0. The molecule has 0 aliphatic rings. The average Bonchev–Trinajstić information content (AvgIpc) is 2.37. The standard InChI is InChI=1S/C14H12F3N3O/c1-8-6-7-20-13(11(8)12(18)19)21-10-5-3-2-4-9(10)14(15,16)17/h2-7H,1H3,(H3,18,19). The van der Waals surface area contributed by atoms with Crippen LogP contribution in [0.2, 0.25) is 0 Å². The highest BCUT2D eigenvalue weighted by molar-refractivity contribution is 5.98. The molecule has 110 valence electrons. The lowest BCUT2D eigenvalue weighted by Gasteiger charge is -2.15. The van der Waals surface area contributed by atoms with Crippen LogP contribution in [-0.2, 0) is 6.18 Å². The third kappa shape index (κ3) is 3.13. The van der Waals surface area contributed by atoms with Gasteiger partial charge < -0.3 is 10.5 Å². The number of amidine groups is 1. The summed E-state index contributed by atoms with van der Waals surface area (Å²) in [5.74, 6) is -0.829. The molecule has 3 N–H and O–H groups in total. The number of ether oxygens (including phenoxy) is 1. The highest BCUT2D eigenvalue weighted by Crippen LogP contribution is 2.38. The molecule has 0 spiro atoms. The van der Waals surface area contributed by atoms with Crippen LogP contribution in [0.4, 0.5) is 13.2 Å². The van der Waals surface area contributed by atoms with Crippen LogP contribution in [-0.4, -0.2) is 10.8 Å². The molecule has 1 aromatic heterocycles. The summed E-state index contributed by atoms with van der Waals surface area (Å²) in [6.07, 6.45) is -3.16. The van der Waals surface area contributed by atoms with Gasteiger partial charge in [0.15, 0.2) is 0 Å². The maximum Gasteiger partial charge on any atom is 0.419 e. The molecule has 7 heteroatoms. The molecule has 0 radical (unpaired) electrons. The second-order valence-corrected chi connectivity index (χ2v) is 4.32. The van der Waals surface area contributed by atoms with Crippen LogP contribution < -0.4 is 10.5 Å². The van der Waals surface area contributed by atoms with Crippen LogP contribution in [0.5, 0.6) is 11.6 Å². The number of pyridine rings is 1. The number of hydrogen-bond acceptors (Lipinski definition) is 3. The summed E-state index contributed by atoms with van der Waals surface area (Å²) in [5.41, 5.74) is 5.29. The third-order valence-electron chi connectivity index (χ3n) is 2.79. The van der Waals surface area contributed by atoms with Gasteiger partial charge in [-0.3, -0.25) is 5.41 Å². The molecule has 0 aliphatic heterocycles. The molecule has 4 nitrogen and oxygen atoms in total. The Kier molecular flexibility index (Phi) is 3.84. The largest absolute Gasteiger partial charge is 0.438 e. The number of aryl methyl sites for hydroxylation is 1. The zero-order valence-corrected chi connectivity index (χ0v) is 11.0. The molecule has 0 saturated heterocycles. The molecule has 0 aliphatic carbocycles. The van der Waals surface area contributed by atoms with E-state index in [1.165, 1.54) is 24.4 Å². The highest BCUT2D eigenvalue weighted by Gasteiger charge is 2.34. The molecule has 0 saturated carbocycles. The molecule has 0 fully saturated rings. The minimum atomic E-state index is -4.54. The van der Waals surface area contributed by atoms with E-state index < -0.39 is 11.7 Å². The van der Waals surface area contributed by atoms with Crippen LogP contribution in [0.1, 0.15) is 16.7 Å². The van der Waals surface area contributed by atoms with Gasteiger partial charge in [-0.05, 0) is 30.7 Å². The number of halogens is 3. The normalized spacial score (nSPS) is 11.2. The number of hydrogen-bond donors (Lipinski definition) is 2. The molecule has 2 aromatic rings. The summed E-state index contributed by atoms with van der Waals surface area (Å²) in [6.45, 7) is 1.67. The summed E-state index contributed by atoms with van der Waals surface area (Å²) in [4.78, 5) is 3.87. The Morgan fingerprint density at radius 1 is 1.24 bits per heavy atom. The Labute approximate surface area is 118 Å². The Balaban J connectivity index is 2.50. The van der Waals surface area contributed by atoms with Crippen molar-refractivity contribution in [3.05, 3.63) is 53.2 Å². The molecule has 1 aromatic carbocycles. The first-order valence-electron chi connectivity index (χ1n) is 5.95. The lowest BCUT2D eigenvalue weighted by Crippen LogP contribution is -2.15. The molecule has 21 heavy (non-hydrogen) atoms. The Morgan fingerprint density at radius 2 is 1.90 bits per heavy atom. The van der Waals surface area contributed by atoms with Crippen molar-refractivity contribution in [2.45, 2.75) is 13.1 Å². The van der Waals surface area contributed by atoms with Gasteiger partial charge in [0, 0.05) is 6.20 Å². The third-order valence-corrected chi connectivity index (χ3v) is 2.79. The summed E-state index contributed by atoms with van der Waals surface area (Å²) < 4.78 is 44.0. The molecule has 0 bridgehead atoms. The number of alkyl halides is 3. The van der Waals surface area contributed by atoms with Gasteiger partial charge in [0.2, 0.25) is 5.88 Å². The Bertz CT molecular complexity index is 683. The van der Waals surface area contributed by atoms with E-state index in [2.05, 4.69) is 4.98 Å². The van der Waals surface area contributed by atoms with Crippen molar-refractivity contribution in [2.24, 2.45) is 5.73 Å². The molecular formula is C14H12F3N3O. The topological polar surface area (TPSA) is 72.0 Å². The first-order chi connectivity index (χ1) is 9.80. The van der Waals surface area contributed by atoms with Gasteiger partial charge in [0.25, 0.3) is 0 Å². The van der Waals surface area contributed by atoms with Gasteiger partial charge >= 0.3 is 6.18 Å². The van der Waals surface area contributed by atoms with Crippen molar-refractivity contribution in [2.75, 3.05) is 0 Å². The van der Waals surface area contributed by atoms with Crippen LogP contribution >= 0.6 is 0 Å². The summed E-state index contributed by atoms with van der Waals surface area (Å²) in [7, 11) is 0. The fourth-order valence-corrected chi connectivity index (χ4v) is 1.83. The van der Waals surface area contributed by atoms with E-state index in [1.807, 2.05) is 0 Å². The zero-order chi connectivity index (χ0) is 15.6. The lowest BCUT2D eigenvalue weighted by molar-refractivity contribution is -0.138. The number of nitrogens with two attached hydrogens (primary N) is 1. The SMILES string of the molecule is Cc1ccnc(Oc2ccccc2C(F)(F)F)c1C(=N)N. The number of para-hydroxylation sites is 1. The molecule has 1 heterocycles. The quantitative estimate of drug-likeness (QED) is 0.672. The van der Waals surface area contributed by atoms with Crippen molar-refractivity contribution in [3.63, 3.8) is 0 Å². The van der Waals surface area contributed by atoms with Gasteiger partial charge in [0.1, 0.15) is 11.6 Å². The Hall–Kier alpha value is -2.57. The molecular weight excluding hydrogens is 283 g/mol. The van der Waals surface area contributed by atoms with E-state index in [0.29, 0.717) is 5.56 Å². The number of rotatable bonds is 3. The van der Waals surface area contributed by atoms with E-state index in [1.54, 1.807) is 13.0 Å². The van der Waals surface area contributed by atoms with Crippen LogP contribution in [0.25, 0.3) is 0 Å². The maximum atomic E-state index is 12.9. The van der Waals surface area contributed by atoms with Gasteiger partial charge in [-0.15, -0.1) is 0 Å². The first kappa shape index (κ1) is 14.8. The van der Waals surface area contributed by atoms with Crippen molar-refractivity contribution in [1.82, 2.24) is 4.98 Å².